The summed E-state index contributed by atoms with van der Waals surface area (Å²) in [5.41, 5.74) is -1.50. The minimum Gasteiger partial charge on any atom is -0.456 e. The molecule has 1 unspecified atom stereocenters. The third-order valence-electron chi connectivity index (χ3n) is 4.07. The number of carbonyl (C=O) groups is 2. The molecule has 0 radical (unpaired) electrons. The lowest BCUT2D eigenvalue weighted by atomic mass is 9.64. The zero-order valence-electron chi connectivity index (χ0n) is 15.2. The second kappa shape index (κ2) is 7.86. The molecule has 4 nitrogen and oxygen atoms in total. The summed E-state index contributed by atoms with van der Waals surface area (Å²) in [4.78, 5) is 23.7. The quantitative estimate of drug-likeness (QED) is 0.489. The van der Waals surface area contributed by atoms with Gasteiger partial charge in [0.2, 0.25) is 0 Å². The Morgan fingerprint density at radius 3 is 1.76 bits per heavy atom. The van der Waals surface area contributed by atoms with Crippen LogP contribution in [0.5, 0.6) is 0 Å². The van der Waals surface area contributed by atoms with Crippen LogP contribution in [-0.4, -0.2) is 37.3 Å². The fourth-order valence-electron chi connectivity index (χ4n) is 2.09. The van der Waals surface area contributed by atoms with Crippen molar-refractivity contribution in [2.75, 3.05) is 13.2 Å². The van der Waals surface area contributed by atoms with Crippen molar-refractivity contribution in [2.45, 2.75) is 60.1 Å². The lowest BCUT2D eigenvalue weighted by Crippen LogP contribution is -2.44. The number of hydrogen-bond acceptors (Lipinski definition) is 4. The Bertz CT molecular complexity index is 480. The highest BCUT2D eigenvalue weighted by molar-refractivity contribution is 5.80. The van der Waals surface area contributed by atoms with Crippen LogP contribution >= 0.6 is 0 Å². The van der Waals surface area contributed by atoms with Gasteiger partial charge >= 0.3 is 24.0 Å². The molecule has 148 valence electrons. The number of halogens is 5. The molecule has 9 heteroatoms. The summed E-state index contributed by atoms with van der Waals surface area (Å²) in [7, 11) is 0. The highest BCUT2D eigenvalue weighted by Crippen LogP contribution is 2.44. The fourth-order valence-corrected chi connectivity index (χ4v) is 2.09. The Morgan fingerprint density at radius 2 is 1.40 bits per heavy atom. The first-order valence-electron chi connectivity index (χ1n) is 7.71. The highest BCUT2D eigenvalue weighted by Gasteiger charge is 2.58. The predicted molar refractivity (Wildman–Crippen MR) is 79.9 cm³/mol. The summed E-state index contributed by atoms with van der Waals surface area (Å²) in [5.74, 6) is -7.25. The van der Waals surface area contributed by atoms with E-state index in [0.29, 0.717) is 6.42 Å². The molecule has 0 heterocycles. The van der Waals surface area contributed by atoms with E-state index in [1.807, 2.05) is 13.8 Å². The minimum absolute atomic E-state index is 0.134. The van der Waals surface area contributed by atoms with Gasteiger partial charge in [-0.05, 0) is 24.7 Å². The van der Waals surface area contributed by atoms with Gasteiger partial charge in [0, 0.05) is 0 Å². The van der Waals surface area contributed by atoms with Gasteiger partial charge in [-0.2, -0.15) is 22.0 Å². The number of hydrogen-bond donors (Lipinski definition) is 0. The van der Waals surface area contributed by atoms with E-state index in [2.05, 4.69) is 4.74 Å². The van der Waals surface area contributed by atoms with Crippen molar-refractivity contribution in [1.29, 1.82) is 0 Å². The van der Waals surface area contributed by atoms with Crippen LogP contribution in [0.1, 0.15) is 48.0 Å². The van der Waals surface area contributed by atoms with Gasteiger partial charge in [0.15, 0.2) is 13.2 Å². The molecular weight excluding hydrogens is 351 g/mol. The van der Waals surface area contributed by atoms with E-state index in [9.17, 15) is 31.5 Å². The molecule has 0 amide bonds. The van der Waals surface area contributed by atoms with E-state index in [0.717, 1.165) is 0 Å². The molecule has 0 bridgehead atoms. The van der Waals surface area contributed by atoms with E-state index >= 15 is 0 Å². The third-order valence-corrected chi connectivity index (χ3v) is 4.07. The molecule has 0 aromatic heterocycles. The molecule has 25 heavy (non-hydrogen) atoms. The number of rotatable bonds is 7. The van der Waals surface area contributed by atoms with Gasteiger partial charge in [-0.25, -0.2) is 4.79 Å². The number of carbonyl (C=O) groups excluding carboxylic acids is 2. The van der Waals surface area contributed by atoms with Gasteiger partial charge in [-0.1, -0.05) is 34.6 Å². The second-order valence-electron chi connectivity index (χ2n) is 7.62. The number of alkyl halides is 5. The van der Waals surface area contributed by atoms with E-state index in [1.165, 1.54) is 0 Å². The summed E-state index contributed by atoms with van der Waals surface area (Å²) in [5, 5.41) is 0. The monoisotopic (exact) mass is 376 g/mol. The fraction of sp³-hybridized carbons (Fsp3) is 0.875. The Morgan fingerprint density at radius 1 is 0.920 bits per heavy atom. The highest BCUT2D eigenvalue weighted by atomic mass is 19.4. The summed E-state index contributed by atoms with van der Waals surface area (Å²) >= 11 is 0. The van der Waals surface area contributed by atoms with E-state index < -0.39 is 48.1 Å². The third kappa shape index (κ3) is 6.43. The maximum absolute atomic E-state index is 12.7. The molecule has 1 atom stereocenters. The summed E-state index contributed by atoms with van der Waals surface area (Å²) in [6.07, 6.45) is -5.39. The van der Waals surface area contributed by atoms with Crippen molar-refractivity contribution in [2.24, 2.45) is 16.7 Å². The van der Waals surface area contributed by atoms with Gasteiger partial charge in [0.05, 0.1) is 5.41 Å². The molecule has 0 aromatic rings. The molecule has 0 fully saturated rings. The molecule has 0 aromatic carbocycles. The lowest BCUT2D eigenvalue weighted by Gasteiger charge is -2.40. The van der Waals surface area contributed by atoms with Crippen LogP contribution in [0.25, 0.3) is 0 Å². The molecular formula is C16H25F5O4. The van der Waals surface area contributed by atoms with Crippen molar-refractivity contribution in [3.8, 4) is 0 Å². The van der Waals surface area contributed by atoms with Crippen LogP contribution < -0.4 is 0 Å². The van der Waals surface area contributed by atoms with Crippen LogP contribution in [0.2, 0.25) is 0 Å². The Kier molecular flexibility index (Phi) is 7.42. The van der Waals surface area contributed by atoms with Crippen molar-refractivity contribution in [1.82, 2.24) is 0 Å². The van der Waals surface area contributed by atoms with Gasteiger partial charge in [-0.15, -0.1) is 0 Å². The van der Waals surface area contributed by atoms with E-state index in [-0.39, 0.29) is 5.92 Å². The molecule has 0 aliphatic carbocycles. The largest absolute Gasteiger partial charge is 0.456 e. The Hall–Kier alpha value is -1.41. The van der Waals surface area contributed by atoms with Crippen LogP contribution in [0.15, 0.2) is 0 Å². The van der Waals surface area contributed by atoms with Crippen molar-refractivity contribution < 1.29 is 41.0 Å². The zero-order valence-corrected chi connectivity index (χ0v) is 15.2. The predicted octanol–water partition coefficient (Wildman–Crippen LogP) is 4.37. The number of esters is 2. The van der Waals surface area contributed by atoms with Gasteiger partial charge in [0.1, 0.15) is 0 Å². The minimum atomic E-state index is -5.83. The first-order chi connectivity index (χ1) is 10.9. The average molecular weight is 376 g/mol. The summed E-state index contributed by atoms with van der Waals surface area (Å²) in [6, 6.07) is 0. The average Bonchev–Trinajstić information content (AvgIpc) is 2.39. The second-order valence-corrected chi connectivity index (χ2v) is 7.62. The maximum Gasteiger partial charge on any atom is 0.456 e. The lowest BCUT2D eigenvalue weighted by molar-refractivity contribution is -0.294. The van der Waals surface area contributed by atoms with Gasteiger partial charge < -0.3 is 9.47 Å². The first kappa shape index (κ1) is 23.6. The van der Waals surface area contributed by atoms with Crippen molar-refractivity contribution in [3.63, 3.8) is 0 Å². The van der Waals surface area contributed by atoms with Crippen LogP contribution in [0.4, 0.5) is 22.0 Å². The SMILES string of the molecule is CC(C)CC(C)(C(=O)OCC(=O)OCC(F)(F)C(F)(F)F)C(C)(C)C. The normalized spacial score (nSPS) is 15.7. The molecule has 0 aliphatic rings. The van der Waals surface area contributed by atoms with Crippen molar-refractivity contribution >= 4 is 11.9 Å². The Balaban J connectivity index is 4.79. The summed E-state index contributed by atoms with van der Waals surface area (Å²) < 4.78 is 70.0. The van der Waals surface area contributed by atoms with Crippen LogP contribution in [0.3, 0.4) is 0 Å². The molecule has 0 N–H and O–H groups in total. The van der Waals surface area contributed by atoms with E-state index in [1.54, 1.807) is 27.7 Å². The number of ether oxygens (including phenoxy) is 2. The smallest absolute Gasteiger partial charge is 0.456 e. The van der Waals surface area contributed by atoms with Crippen molar-refractivity contribution in [3.05, 3.63) is 0 Å². The standard InChI is InChI=1S/C16H25F5O4/c1-10(2)7-14(6,13(3,4)5)12(23)24-8-11(22)25-9-15(17,18)16(19,20)21/h10H,7-9H2,1-6H3. The zero-order chi connectivity index (χ0) is 20.3. The molecule has 0 aliphatic heterocycles. The topological polar surface area (TPSA) is 52.6 Å². The first-order valence-corrected chi connectivity index (χ1v) is 7.71. The molecule has 0 rings (SSSR count). The summed E-state index contributed by atoms with van der Waals surface area (Å²) in [6.45, 7) is 7.66. The maximum atomic E-state index is 12.7. The molecule has 0 saturated carbocycles. The van der Waals surface area contributed by atoms with Crippen LogP contribution in [0, 0.1) is 16.7 Å². The Labute approximate surface area is 144 Å². The van der Waals surface area contributed by atoms with Gasteiger partial charge in [0.25, 0.3) is 0 Å². The van der Waals surface area contributed by atoms with Gasteiger partial charge in [-0.3, -0.25) is 4.79 Å². The molecule has 0 saturated heterocycles. The van der Waals surface area contributed by atoms with Crippen LogP contribution in [-0.2, 0) is 19.1 Å². The van der Waals surface area contributed by atoms with E-state index in [4.69, 9.17) is 4.74 Å². The molecule has 0 spiro atoms.